The van der Waals surface area contributed by atoms with Crippen molar-refractivity contribution in [2.24, 2.45) is 5.92 Å². The number of carbonyl (C=O) groups excluding carboxylic acids is 1. The van der Waals surface area contributed by atoms with E-state index in [1.807, 2.05) is 29.2 Å². The molecule has 1 aliphatic rings. The number of aromatic nitrogens is 2. The van der Waals surface area contributed by atoms with Gasteiger partial charge in [-0.1, -0.05) is 12.1 Å². The Balaban J connectivity index is 1.81. The summed E-state index contributed by atoms with van der Waals surface area (Å²) in [5, 5.41) is 0. The SMILES string of the molecule is COc1ccc(CN(C(=O)c2cnccn2)C(C)C2CC2)cc1. The molecule has 0 aliphatic heterocycles. The summed E-state index contributed by atoms with van der Waals surface area (Å²) in [6.07, 6.45) is 7.04. The number of methoxy groups -OCH3 is 1. The van der Waals surface area contributed by atoms with Crippen LogP contribution in [0.4, 0.5) is 0 Å². The van der Waals surface area contributed by atoms with Crippen LogP contribution in [0.15, 0.2) is 42.9 Å². The van der Waals surface area contributed by atoms with Gasteiger partial charge in [0.25, 0.3) is 5.91 Å². The molecule has 1 aliphatic carbocycles. The predicted molar refractivity (Wildman–Crippen MR) is 87.1 cm³/mol. The Morgan fingerprint density at radius 1 is 1.30 bits per heavy atom. The number of nitrogens with zero attached hydrogens (tertiary/aromatic N) is 3. The molecule has 1 fully saturated rings. The molecule has 1 aromatic heterocycles. The molecule has 5 nitrogen and oxygen atoms in total. The van der Waals surface area contributed by atoms with Crippen LogP contribution in [-0.2, 0) is 6.54 Å². The van der Waals surface area contributed by atoms with Crippen molar-refractivity contribution in [2.75, 3.05) is 7.11 Å². The second-order valence-corrected chi connectivity index (χ2v) is 5.95. The molecule has 1 aromatic carbocycles. The molecule has 1 unspecified atom stereocenters. The zero-order chi connectivity index (χ0) is 16.2. The van der Waals surface area contributed by atoms with Gasteiger partial charge in [-0.25, -0.2) is 4.98 Å². The molecule has 0 bridgehead atoms. The van der Waals surface area contributed by atoms with Crippen molar-refractivity contribution < 1.29 is 9.53 Å². The number of rotatable bonds is 6. The molecule has 1 heterocycles. The van der Waals surface area contributed by atoms with E-state index in [-0.39, 0.29) is 11.9 Å². The zero-order valence-corrected chi connectivity index (χ0v) is 13.5. The minimum Gasteiger partial charge on any atom is -0.497 e. The van der Waals surface area contributed by atoms with Crippen LogP contribution in [0.5, 0.6) is 5.75 Å². The highest BCUT2D eigenvalue weighted by atomic mass is 16.5. The summed E-state index contributed by atoms with van der Waals surface area (Å²) in [5.41, 5.74) is 1.48. The smallest absolute Gasteiger partial charge is 0.274 e. The third-order valence-electron chi connectivity index (χ3n) is 4.35. The lowest BCUT2D eigenvalue weighted by Gasteiger charge is -2.29. The Morgan fingerprint density at radius 2 is 2.04 bits per heavy atom. The van der Waals surface area contributed by atoms with Crippen LogP contribution in [0, 0.1) is 5.92 Å². The van der Waals surface area contributed by atoms with Gasteiger partial charge in [-0.05, 0) is 43.4 Å². The summed E-state index contributed by atoms with van der Waals surface area (Å²) < 4.78 is 5.19. The van der Waals surface area contributed by atoms with Crippen LogP contribution in [0.1, 0.15) is 35.8 Å². The predicted octanol–water partition coefficient (Wildman–Crippen LogP) is 2.93. The fraction of sp³-hybridized carbons (Fsp3) is 0.389. The van der Waals surface area contributed by atoms with Crippen molar-refractivity contribution >= 4 is 5.91 Å². The van der Waals surface area contributed by atoms with Gasteiger partial charge in [0.2, 0.25) is 0 Å². The van der Waals surface area contributed by atoms with Crippen molar-refractivity contribution in [3.8, 4) is 5.75 Å². The fourth-order valence-corrected chi connectivity index (χ4v) is 2.72. The lowest BCUT2D eigenvalue weighted by molar-refractivity contribution is 0.0647. The average molecular weight is 311 g/mol. The largest absolute Gasteiger partial charge is 0.497 e. The lowest BCUT2D eigenvalue weighted by Crippen LogP contribution is -2.39. The summed E-state index contributed by atoms with van der Waals surface area (Å²) in [4.78, 5) is 22.9. The number of benzene rings is 1. The number of hydrogen-bond donors (Lipinski definition) is 0. The highest BCUT2D eigenvalue weighted by Crippen LogP contribution is 2.36. The molecule has 3 rings (SSSR count). The zero-order valence-electron chi connectivity index (χ0n) is 13.5. The molecule has 23 heavy (non-hydrogen) atoms. The Hall–Kier alpha value is -2.43. The molecule has 1 atom stereocenters. The fourth-order valence-electron chi connectivity index (χ4n) is 2.72. The summed E-state index contributed by atoms with van der Waals surface area (Å²) in [5.74, 6) is 1.35. The van der Waals surface area contributed by atoms with E-state index in [0.29, 0.717) is 18.2 Å². The molecule has 2 aromatic rings. The summed E-state index contributed by atoms with van der Waals surface area (Å²) in [7, 11) is 1.65. The number of hydrogen-bond acceptors (Lipinski definition) is 4. The van der Waals surface area contributed by atoms with E-state index >= 15 is 0 Å². The number of ether oxygens (including phenoxy) is 1. The van der Waals surface area contributed by atoms with Crippen molar-refractivity contribution in [3.05, 3.63) is 54.1 Å². The van der Waals surface area contributed by atoms with Gasteiger partial charge < -0.3 is 9.64 Å². The molecule has 0 saturated heterocycles. The summed E-state index contributed by atoms with van der Waals surface area (Å²) >= 11 is 0. The first-order chi connectivity index (χ1) is 11.2. The van der Waals surface area contributed by atoms with Gasteiger partial charge in [0.05, 0.1) is 13.3 Å². The first kappa shape index (κ1) is 15.5. The molecular weight excluding hydrogens is 290 g/mol. The van der Waals surface area contributed by atoms with E-state index in [4.69, 9.17) is 4.74 Å². The monoisotopic (exact) mass is 311 g/mol. The van der Waals surface area contributed by atoms with E-state index < -0.39 is 0 Å². The van der Waals surface area contributed by atoms with E-state index in [2.05, 4.69) is 16.9 Å². The first-order valence-electron chi connectivity index (χ1n) is 7.89. The molecule has 5 heteroatoms. The summed E-state index contributed by atoms with van der Waals surface area (Å²) in [6, 6.07) is 8.03. The highest BCUT2D eigenvalue weighted by molar-refractivity contribution is 5.92. The van der Waals surface area contributed by atoms with Crippen LogP contribution >= 0.6 is 0 Å². The Kier molecular flexibility index (Phi) is 4.55. The van der Waals surface area contributed by atoms with Gasteiger partial charge >= 0.3 is 0 Å². The second-order valence-electron chi connectivity index (χ2n) is 5.95. The van der Waals surface area contributed by atoms with E-state index in [0.717, 1.165) is 11.3 Å². The topological polar surface area (TPSA) is 55.3 Å². The minimum atomic E-state index is -0.0617. The van der Waals surface area contributed by atoms with Gasteiger partial charge in [-0.15, -0.1) is 0 Å². The van der Waals surface area contributed by atoms with Crippen molar-refractivity contribution in [1.29, 1.82) is 0 Å². The summed E-state index contributed by atoms with van der Waals surface area (Å²) in [6.45, 7) is 2.69. The highest BCUT2D eigenvalue weighted by Gasteiger charge is 2.35. The van der Waals surface area contributed by atoms with Crippen LogP contribution < -0.4 is 4.74 Å². The van der Waals surface area contributed by atoms with Gasteiger partial charge in [0.15, 0.2) is 0 Å². The van der Waals surface area contributed by atoms with Gasteiger partial charge in [0, 0.05) is 25.0 Å². The Morgan fingerprint density at radius 3 is 2.61 bits per heavy atom. The van der Waals surface area contributed by atoms with Crippen molar-refractivity contribution in [2.45, 2.75) is 32.4 Å². The second kappa shape index (κ2) is 6.77. The number of carbonyl (C=O) groups is 1. The standard InChI is InChI=1S/C18H21N3O2/c1-13(15-5-6-15)21(18(22)17-11-19-9-10-20-17)12-14-3-7-16(23-2)8-4-14/h3-4,7-11,13,15H,5-6,12H2,1-2H3. The molecular formula is C18H21N3O2. The minimum absolute atomic E-state index is 0.0617. The molecule has 120 valence electrons. The van der Waals surface area contributed by atoms with Crippen molar-refractivity contribution in [3.63, 3.8) is 0 Å². The number of amides is 1. The van der Waals surface area contributed by atoms with E-state index in [9.17, 15) is 4.79 Å². The maximum atomic E-state index is 12.8. The molecule has 0 radical (unpaired) electrons. The molecule has 1 saturated carbocycles. The molecule has 0 spiro atoms. The van der Waals surface area contributed by atoms with E-state index in [1.165, 1.54) is 19.0 Å². The Labute approximate surface area is 136 Å². The third kappa shape index (κ3) is 3.67. The molecule has 1 amide bonds. The molecule has 0 N–H and O–H groups in total. The normalized spacial score (nSPS) is 15.0. The van der Waals surface area contributed by atoms with Gasteiger partial charge in [-0.3, -0.25) is 9.78 Å². The third-order valence-corrected chi connectivity index (χ3v) is 4.35. The lowest BCUT2D eigenvalue weighted by atomic mass is 10.1. The van der Waals surface area contributed by atoms with Crippen LogP contribution in [0.25, 0.3) is 0 Å². The van der Waals surface area contributed by atoms with Crippen LogP contribution in [-0.4, -0.2) is 33.9 Å². The maximum Gasteiger partial charge on any atom is 0.274 e. The average Bonchev–Trinajstić information content (AvgIpc) is 3.45. The van der Waals surface area contributed by atoms with E-state index in [1.54, 1.807) is 19.5 Å². The maximum absolute atomic E-state index is 12.8. The van der Waals surface area contributed by atoms with Crippen molar-refractivity contribution in [1.82, 2.24) is 14.9 Å². The van der Waals surface area contributed by atoms with Crippen LogP contribution in [0.3, 0.4) is 0 Å². The quantitative estimate of drug-likeness (QED) is 0.823. The first-order valence-corrected chi connectivity index (χ1v) is 7.89. The van der Waals surface area contributed by atoms with Crippen LogP contribution in [0.2, 0.25) is 0 Å². The Bertz CT molecular complexity index is 654. The van der Waals surface area contributed by atoms with Gasteiger partial charge in [0.1, 0.15) is 11.4 Å². The van der Waals surface area contributed by atoms with Gasteiger partial charge in [-0.2, -0.15) is 0 Å².